The number of carbonyl (C=O) groups is 1. The molecule has 1 aliphatic rings. The number of rotatable bonds is 8. The average molecular weight is 467 g/mol. The minimum absolute atomic E-state index is 0.0953. The summed E-state index contributed by atoms with van der Waals surface area (Å²) in [5.41, 5.74) is 1.000. The zero-order valence-corrected chi connectivity index (χ0v) is 18.2. The van der Waals surface area contributed by atoms with Gasteiger partial charge in [0.1, 0.15) is 5.75 Å². The van der Waals surface area contributed by atoms with E-state index in [1.54, 1.807) is 24.0 Å². The Bertz CT molecular complexity index is 943. The van der Waals surface area contributed by atoms with E-state index in [9.17, 15) is 13.2 Å². The number of hydrogen-bond donors (Lipinski definition) is 1. The highest BCUT2D eigenvalue weighted by Gasteiger charge is 2.35. The van der Waals surface area contributed by atoms with Gasteiger partial charge in [-0.3, -0.25) is 4.79 Å². The van der Waals surface area contributed by atoms with Crippen molar-refractivity contribution in [3.8, 4) is 5.75 Å². The number of benzene rings is 2. The van der Waals surface area contributed by atoms with E-state index in [0.29, 0.717) is 12.3 Å². The molecule has 0 heterocycles. The van der Waals surface area contributed by atoms with Gasteiger partial charge in [-0.2, -0.15) is 4.72 Å². The lowest BCUT2D eigenvalue weighted by atomic mass is 10.2. The maximum Gasteiger partial charge on any atom is 0.241 e. The maximum absolute atomic E-state index is 13.0. The van der Waals surface area contributed by atoms with Crippen molar-refractivity contribution in [1.82, 2.24) is 9.62 Å². The van der Waals surface area contributed by atoms with E-state index in [4.69, 9.17) is 4.74 Å². The van der Waals surface area contributed by atoms with Gasteiger partial charge in [-0.15, -0.1) is 0 Å². The first-order chi connectivity index (χ1) is 13.3. The highest BCUT2D eigenvalue weighted by Crippen LogP contribution is 2.29. The molecule has 0 radical (unpaired) electrons. The molecule has 28 heavy (non-hydrogen) atoms. The van der Waals surface area contributed by atoms with Crippen LogP contribution in [-0.4, -0.2) is 38.4 Å². The van der Waals surface area contributed by atoms with Crippen molar-refractivity contribution < 1.29 is 17.9 Å². The number of methoxy groups -OCH3 is 1. The van der Waals surface area contributed by atoms with Crippen LogP contribution in [0.5, 0.6) is 5.75 Å². The van der Waals surface area contributed by atoms with Gasteiger partial charge in [-0.25, -0.2) is 8.42 Å². The third-order valence-electron chi connectivity index (χ3n) is 4.58. The molecule has 2 aromatic carbocycles. The van der Waals surface area contributed by atoms with Gasteiger partial charge < -0.3 is 9.64 Å². The molecule has 1 amide bonds. The zero-order valence-electron chi connectivity index (χ0n) is 15.8. The predicted octanol–water partition coefficient (Wildman–Crippen LogP) is 3.32. The van der Waals surface area contributed by atoms with Crippen LogP contribution in [0, 0.1) is 0 Å². The van der Waals surface area contributed by atoms with Crippen LogP contribution in [0.1, 0.15) is 25.3 Å². The summed E-state index contributed by atoms with van der Waals surface area (Å²) in [5.74, 6) is 0.344. The van der Waals surface area contributed by atoms with Crippen LogP contribution in [0.3, 0.4) is 0 Å². The van der Waals surface area contributed by atoms with Crippen LogP contribution < -0.4 is 9.46 Å². The molecule has 0 unspecified atom stereocenters. The second-order valence-electron chi connectivity index (χ2n) is 6.85. The van der Waals surface area contributed by atoms with Crippen LogP contribution in [-0.2, 0) is 21.4 Å². The van der Waals surface area contributed by atoms with Crippen LogP contribution >= 0.6 is 15.9 Å². The monoisotopic (exact) mass is 466 g/mol. The number of ether oxygens (including phenoxy) is 1. The lowest BCUT2D eigenvalue weighted by Crippen LogP contribution is -2.47. The maximum atomic E-state index is 13.0. The van der Waals surface area contributed by atoms with Crippen molar-refractivity contribution in [3.05, 3.63) is 58.6 Å². The Labute approximate surface area is 174 Å². The average Bonchev–Trinajstić information content (AvgIpc) is 3.50. The van der Waals surface area contributed by atoms with E-state index < -0.39 is 16.1 Å². The highest BCUT2D eigenvalue weighted by molar-refractivity contribution is 9.10. The molecule has 0 saturated heterocycles. The number of nitrogens with one attached hydrogen (secondary N) is 1. The molecule has 1 fully saturated rings. The first-order valence-electron chi connectivity index (χ1n) is 9.01. The Morgan fingerprint density at radius 1 is 1.25 bits per heavy atom. The van der Waals surface area contributed by atoms with Crippen LogP contribution in [0.2, 0.25) is 0 Å². The summed E-state index contributed by atoms with van der Waals surface area (Å²) >= 11 is 3.44. The van der Waals surface area contributed by atoms with Crippen LogP contribution in [0.15, 0.2) is 57.9 Å². The fourth-order valence-electron chi connectivity index (χ4n) is 2.96. The summed E-state index contributed by atoms with van der Waals surface area (Å²) in [4.78, 5) is 14.9. The van der Waals surface area contributed by atoms with Crippen molar-refractivity contribution >= 4 is 31.9 Å². The Morgan fingerprint density at radius 2 is 1.93 bits per heavy atom. The molecule has 6 nitrogen and oxygen atoms in total. The fraction of sp³-hybridized carbons (Fsp3) is 0.350. The van der Waals surface area contributed by atoms with E-state index >= 15 is 0 Å². The molecule has 150 valence electrons. The number of halogens is 1. The van der Waals surface area contributed by atoms with Crippen LogP contribution in [0.25, 0.3) is 0 Å². The van der Waals surface area contributed by atoms with E-state index in [1.165, 1.54) is 19.2 Å². The molecule has 1 aliphatic carbocycles. The standard InChI is InChI=1S/C20H23BrN2O4S/c1-14(22-28(25,26)19-10-8-18(27-2)9-11-19)20(24)23(17-6-7-17)13-15-4-3-5-16(21)12-15/h3-5,8-12,14,17,22H,6-7,13H2,1-2H3/t14-/m0/s1. The Morgan fingerprint density at radius 3 is 2.50 bits per heavy atom. The summed E-state index contributed by atoms with van der Waals surface area (Å²) < 4.78 is 33.8. The van der Waals surface area contributed by atoms with Crippen molar-refractivity contribution in [2.24, 2.45) is 0 Å². The molecule has 8 heteroatoms. The number of carbonyl (C=O) groups excluding carboxylic acids is 1. The third kappa shape index (κ3) is 5.12. The summed E-state index contributed by atoms with van der Waals surface area (Å²) in [6, 6.07) is 13.1. The van der Waals surface area contributed by atoms with Gasteiger partial charge in [-0.1, -0.05) is 28.1 Å². The molecule has 1 saturated carbocycles. The van der Waals surface area contributed by atoms with E-state index in [2.05, 4.69) is 20.7 Å². The predicted molar refractivity (Wildman–Crippen MR) is 110 cm³/mol. The van der Waals surface area contributed by atoms with Crippen molar-refractivity contribution in [2.45, 2.75) is 43.3 Å². The Hall–Kier alpha value is -1.90. The van der Waals surface area contributed by atoms with Gasteiger partial charge in [0, 0.05) is 17.1 Å². The van der Waals surface area contributed by atoms with Gasteiger partial charge in [0.05, 0.1) is 18.0 Å². The normalized spacial score (nSPS) is 15.1. The SMILES string of the molecule is COc1ccc(S(=O)(=O)N[C@@H](C)C(=O)N(Cc2cccc(Br)c2)C2CC2)cc1. The fourth-order valence-corrected chi connectivity index (χ4v) is 4.60. The molecular weight excluding hydrogens is 444 g/mol. The molecule has 1 N–H and O–H groups in total. The van der Waals surface area contributed by atoms with Crippen molar-refractivity contribution in [2.75, 3.05) is 7.11 Å². The number of amides is 1. The molecule has 2 aromatic rings. The minimum Gasteiger partial charge on any atom is -0.497 e. The number of hydrogen-bond acceptors (Lipinski definition) is 4. The van der Waals surface area contributed by atoms with Gasteiger partial charge in [0.25, 0.3) is 0 Å². The number of nitrogens with zero attached hydrogens (tertiary/aromatic N) is 1. The van der Waals surface area contributed by atoms with E-state index in [1.807, 2.05) is 24.3 Å². The molecule has 0 bridgehead atoms. The Kier molecular flexibility index (Phi) is 6.42. The first kappa shape index (κ1) is 20.8. The molecule has 0 aliphatic heterocycles. The zero-order chi connectivity index (χ0) is 20.3. The summed E-state index contributed by atoms with van der Waals surface area (Å²) in [6.07, 6.45) is 1.88. The smallest absolute Gasteiger partial charge is 0.241 e. The second-order valence-corrected chi connectivity index (χ2v) is 9.48. The molecular formula is C20H23BrN2O4S. The van der Waals surface area contributed by atoms with Crippen molar-refractivity contribution in [1.29, 1.82) is 0 Å². The molecule has 1 atom stereocenters. The third-order valence-corrected chi connectivity index (χ3v) is 6.63. The van der Waals surface area contributed by atoms with Gasteiger partial charge >= 0.3 is 0 Å². The second kappa shape index (κ2) is 8.63. The van der Waals surface area contributed by atoms with E-state index in [0.717, 1.165) is 22.9 Å². The number of sulfonamides is 1. The topological polar surface area (TPSA) is 75.7 Å². The van der Waals surface area contributed by atoms with Gasteiger partial charge in [0.15, 0.2) is 0 Å². The molecule has 0 spiro atoms. The van der Waals surface area contributed by atoms with Gasteiger partial charge in [0.2, 0.25) is 15.9 Å². The molecule has 3 rings (SSSR count). The minimum atomic E-state index is -3.81. The summed E-state index contributed by atoms with van der Waals surface area (Å²) in [6.45, 7) is 2.04. The summed E-state index contributed by atoms with van der Waals surface area (Å²) in [7, 11) is -2.29. The molecule has 0 aromatic heterocycles. The largest absolute Gasteiger partial charge is 0.497 e. The lowest BCUT2D eigenvalue weighted by molar-refractivity contribution is -0.133. The summed E-state index contributed by atoms with van der Waals surface area (Å²) in [5, 5.41) is 0. The first-order valence-corrected chi connectivity index (χ1v) is 11.3. The van der Waals surface area contributed by atoms with Gasteiger partial charge in [-0.05, 0) is 61.7 Å². The quantitative estimate of drug-likeness (QED) is 0.647. The van der Waals surface area contributed by atoms with E-state index in [-0.39, 0.29) is 16.8 Å². The lowest BCUT2D eigenvalue weighted by Gasteiger charge is -2.26. The Balaban J connectivity index is 1.72. The van der Waals surface area contributed by atoms with Crippen LogP contribution in [0.4, 0.5) is 0 Å². The van der Waals surface area contributed by atoms with Crippen molar-refractivity contribution in [3.63, 3.8) is 0 Å². The highest BCUT2D eigenvalue weighted by atomic mass is 79.9.